The van der Waals surface area contributed by atoms with Crippen LogP contribution in [-0.4, -0.2) is 39.2 Å². The molecule has 27 heavy (non-hydrogen) atoms. The Labute approximate surface area is 160 Å². The van der Waals surface area contributed by atoms with E-state index in [9.17, 15) is 9.18 Å². The van der Waals surface area contributed by atoms with Gasteiger partial charge in [-0.2, -0.15) is 5.10 Å². The number of nitrogens with one attached hydrogen (secondary N) is 1. The third-order valence-corrected chi connectivity index (χ3v) is 5.59. The number of amides is 2. The minimum Gasteiger partial charge on any atom is -0.324 e. The Kier molecular flexibility index (Phi) is 5.06. The molecule has 0 bridgehead atoms. The molecule has 1 aliphatic rings. The lowest BCUT2D eigenvalue weighted by Gasteiger charge is -2.30. The number of benzene rings is 1. The Morgan fingerprint density at radius 2 is 2.07 bits per heavy atom. The van der Waals surface area contributed by atoms with Crippen LogP contribution in [0.15, 0.2) is 48.0 Å². The summed E-state index contributed by atoms with van der Waals surface area (Å²) in [6.45, 7) is 1.32. The average molecular weight is 383 g/mol. The Balaban J connectivity index is 1.36. The molecule has 138 valence electrons. The van der Waals surface area contributed by atoms with Crippen molar-refractivity contribution < 1.29 is 9.18 Å². The number of hydrogen-bond acceptors (Lipinski definition) is 5. The maximum absolute atomic E-state index is 13.4. The molecule has 0 aliphatic carbocycles. The van der Waals surface area contributed by atoms with E-state index < -0.39 is 0 Å². The number of likely N-dealkylation sites (tertiary alicyclic amines) is 1. The summed E-state index contributed by atoms with van der Waals surface area (Å²) in [6, 6.07) is 9.76. The molecule has 1 saturated heterocycles. The SMILES string of the molecule is O=C(Nc1cccnn1)N1CCC(c2nc(-c3cccc(F)c3)cs2)CC1. The fourth-order valence-corrected chi connectivity index (χ4v) is 4.14. The van der Waals surface area contributed by atoms with Gasteiger partial charge in [0.1, 0.15) is 5.82 Å². The van der Waals surface area contributed by atoms with Gasteiger partial charge in [0, 0.05) is 36.1 Å². The number of carbonyl (C=O) groups is 1. The highest BCUT2D eigenvalue weighted by Gasteiger charge is 2.26. The fourth-order valence-electron chi connectivity index (χ4n) is 3.14. The van der Waals surface area contributed by atoms with Crippen LogP contribution in [0.4, 0.5) is 15.0 Å². The van der Waals surface area contributed by atoms with Crippen molar-refractivity contribution >= 4 is 23.2 Å². The molecule has 0 spiro atoms. The molecular formula is C19H18FN5OS. The predicted molar refractivity (Wildman–Crippen MR) is 102 cm³/mol. The molecule has 4 rings (SSSR count). The van der Waals surface area contributed by atoms with E-state index in [0.29, 0.717) is 24.8 Å². The zero-order chi connectivity index (χ0) is 18.6. The summed E-state index contributed by atoms with van der Waals surface area (Å²) in [5.41, 5.74) is 1.59. The van der Waals surface area contributed by atoms with E-state index in [-0.39, 0.29) is 11.8 Å². The second kappa shape index (κ2) is 7.79. The third kappa shape index (κ3) is 4.11. The Hall–Kier alpha value is -2.87. The summed E-state index contributed by atoms with van der Waals surface area (Å²) in [6.07, 6.45) is 3.27. The number of anilines is 1. The number of urea groups is 1. The van der Waals surface area contributed by atoms with Crippen LogP contribution in [-0.2, 0) is 0 Å². The smallest absolute Gasteiger partial charge is 0.323 e. The topological polar surface area (TPSA) is 71.0 Å². The van der Waals surface area contributed by atoms with Gasteiger partial charge >= 0.3 is 6.03 Å². The standard InChI is InChI=1S/C19H18FN5OS/c20-15-4-1-3-14(11-15)16-12-27-18(22-16)13-6-9-25(10-7-13)19(26)23-17-5-2-8-21-24-17/h1-5,8,11-13H,6-7,9-10H2,(H,23,24,26). The third-order valence-electron chi connectivity index (χ3n) is 4.58. The summed E-state index contributed by atoms with van der Waals surface area (Å²) in [7, 11) is 0. The molecule has 1 aliphatic heterocycles. The summed E-state index contributed by atoms with van der Waals surface area (Å²) in [5, 5.41) is 13.4. The lowest BCUT2D eigenvalue weighted by molar-refractivity contribution is 0.194. The number of halogens is 1. The van der Waals surface area contributed by atoms with Gasteiger partial charge in [0.25, 0.3) is 0 Å². The highest BCUT2D eigenvalue weighted by atomic mass is 32.1. The van der Waals surface area contributed by atoms with E-state index in [1.807, 2.05) is 11.4 Å². The number of carbonyl (C=O) groups excluding carboxylic acids is 1. The summed E-state index contributed by atoms with van der Waals surface area (Å²) in [5.74, 6) is 0.506. The second-order valence-corrected chi connectivity index (χ2v) is 7.27. The van der Waals surface area contributed by atoms with Crippen LogP contribution in [0.1, 0.15) is 23.8 Å². The van der Waals surface area contributed by atoms with Gasteiger partial charge in [-0.25, -0.2) is 14.2 Å². The number of nitrogens with zero attached hydrogens (tertiary/aromatic N) is 4. The summed E-state index contributed by atoms with van der Waals surface area (Å²) >= 11 is 1.60. The molecule has 3 aromatic rings. The van der Waals surface area contributed by atoms with Crippen molar-refractivity contribution in [3.63, 3.8) is 0 Å². The maximum Gasteiger partial charge on any atom is 0.323 e. The highest BCUT2D eigenvalue weighted by Crippen LogP contribution is 2.33. The molecule has 0 saturated carbocycles. The lowest BCUT2D eigenvalue weighted by Crippen LogP contribution is -2.40. The normalized spacial score (nSPS) is 14.9. The van der Waals surface area contributed by atoms with Gasteiger partial charge in [-0.15, -0.1) is 16.4 Å². The van der Waals surface area contributed by atoms with E-state index >= 15 is 0 Å². The van der Waals surface area contributed by atoms with E-state index in [2.05, 4.69) is 15.5 Å². The quantitative estimate of drug-likeness (QED) is 0.738. The summed E-state index contributed by atoms with van der Waals surface area (Å²) in [4.78, 5) is 18.8. The predicted octanol–water partition coefficient (Wildman–Crippen LogP) is 4.15. The van der Waals surface area contributed by atoms with Crippen molar-refractivity contribution in [1.29, 1.82) is 0 Å². The molecule has 8 heteroatoms. The largest absolute Gasteiger partial charge is 0.324 e. The van der Waals surface area contributed by atoms with Crippen molar-refractivity contribution in [2.24, 2.45) is 0 Å². The number of rotatable bonds is 3. The second-order valence-electron chi connectivity index (χ2n) is 6.38. The molecule has 2 aromatic heterocycles. The Morgan fingerprint density at radius 3 is 2.81 bits per heavy atom. The van der Waals surface area contributed by atoms with Crippen molar-refractivity contribution in [3.8, 4) is 11.3 Å². The molecule has 0 radical (unpaired) electrons. The van der Waals surface area contributed by atoms with Gasteiger partial charge in [-0.05, 0) is 37.1 Å². The number of thiazole rings is 1. The number of hydrogen-bond donors (Lipinski definition) is 1. The van der Waals surface area contributed by atoms with Gasteiger partial charge in [0.05, 0.1) is 10.7 Å². The van der Waals surface area contributed by atoms with E-state index in [0.717, 1.165) is 29.1 Å². The maximum atomic E-state index is 13.4. The molecule has 3 heterocycles. The molecule has 1 N–H and O–H groups in total. The van der Waals surface area contributed by atoms with E-state index in [4.69, 9.17) is 4.98 Å². The monoisotopic (exact) mass is 383 g/mol. The first kappa shape index (κ1) is 17.5. The average Bonchev–Trinajstić information content (AvgIpc) is 3.19. The molecule has 2 amide bonds. The fraction of sp³-hybridized carbons (Fsp3) is 0.263. The van der Waals surface area contributed by atoms with Crippen molar-refractivity contribution in [1.82, 2.24) is 20.1 Å². The zero-order valence-corrected chi connectivity index (χ0v) is 15.3. The Bertz CT molecular complexity index is 925. The van der Waals surface area contributed by atoms with Gasteiger partial charge in [0.2, 0.25) is 0 Å². The zero-order valence-electron chi connectivity index (χ0n) is 14.5. The molecular weight excluding hydrogens is 365 g/mol. The first-order valence-electron chi connectivity index (χ1n) is 8.74. The van der Waals surface area contributed by atoms with Gasteiger partial charge in [-0.3, -0.25) is 5.32 Å². The van der Waals surface area contributed by atoms with Gasteiger partial charge in [-0.1, -0.05) is 12.1 Å². The number of piperidine rings is 1. The highest BCUT2D eigenvalue weighted by molar-refractivity contribution is 7.10. The van der Waals surface area contributed by atoms with Crippen LogP contribution >= 0.6 is 11.3 Å². The van der Waals surface area contributed by atoms with Crippen LogP contribution in [0, 0.1) is 5.82 Å². The van der Waals surface area contributed by atoms with Crippen LogP contribution in [0.25, 0.3) is 11.3 Å². The minimum absolute atomic E-state index is 0.159. The van der Waals surface area contributed by atoms with Crippen LogP contribution < -0.4 is 5.32 Å². The van der Waals surface area contributed by atoms with Crippen LogP contribution in [0.5, 0.6) is 0 Å². The van der Waals surface area contributed by atoms with Crippen LogP contribution in [0.3, 0.4) is 0 Å². The molecule has 1 fully saturated rings. The molecule has 6 nitrogen and oxygen atoms in total. The number of aromatic nitrogens is 3. The molecule has 1 aromatic carbocycles. The van der Waals surface area contributed by atoms with Crippen LogP contribution in [0.2, 0.25) is 0 Å². The molecule has 0 atom stereocenters. The minimum atomic E-state index is -0.260. The first-order valence-corrected chi connectivity index (χ1v) is 9.62. The summed E-state index contributed by atoms with van der Waals surface area (Å²) < 4.78 is 13.4. The lowest BCUT2D eigenvalue weighted by atomic mass is 9.98. The van der Waals surface area contributed by atoms with E-state index in [1.54, 1.807) is 40.6 Å². The Morgan fingerprint density at radius 1 is 1.22 bits per heavy atom. The van der Waals surface area contributed by atoms with Crippen molar-refractivity contribution in [3.05, 3.63) is 58.8 Å². The molecule has 0 unspecified atom stereocenters. The van der Waals surface area contributed by atoms with Gasteiger partial charge in [0.15, 0.2) is 5.82 Å². The van der Waals surface area contributed by atoms with Crippen molar-refractivity contribution in [2.45, 2.75) is 18.8 Å². The van der Waals surface area contributed by atoms with Crippen molar-refractivity contribution in [2.75, 3.05) is 18.4 Å². The van der Waals surface area contributed by atoms with E-state index in [1.165, 1.54) is 12.1 Å². The first-order chi connectivity index (χ1) is 13.2. The van der Waals surface area contributed by atoms with Gasteiger partial charge < -0.3 is 4.90 Å².